The van der Waals surface area contributed by atoms with Crippen LogP contribution in [0.25, 0.3) is 5.57 Å². The second-order valence-electron chi connectivity index (χ2n) is 5.30. The average Bonchev–Trinajstić information content (AvgIpc) is 2.70. The Kier molecular flexibility index (Phi) is 3.97. The standard InChI is InChI=1S/C16H21NO/c1-11(2)17-16(10-12(3)18)15-9-8-13-6-4-5-7-14(13)15/h4-7,9,11,16-17H,8,10H2,1-3H3. The van der Waals surface area contributed by atoms with Crippen molar-refractivity contribution in [3.63, 3.8) is 0 Å². The predicted molar refractivity (Wildman–Crippen MR) is 75.5 cm³/mol. The van der Waals surface area contributed by atoms with Crippen molar-refractivity contribution in [1.29, 1.82) is 0 Å². The fourth-order valence-corrected chi connectivity index (χ4v) is 2.59. The van der Waals surface area contributed by atoms with E-state index in [-0.39, 0.29) is 11.8 Å². The largest absolute Gasteiger partial charge is 0.307 e. The lowest BCUT2D eigenvalue weighted by Gasteiger charge is -2.22. The summed E-state index contributed by atoms with van der Waals surface area (Å²) in [6.45, 7) is 5.90. The van der Waals surface area contributed by atoms with E-state index in [1.165, 1.54) is 16.7 Å². The maximum absolute atomic E-state index is 11.4. The molecule has 1 aliphatic carbocycles. The summed E-state index contributed by atoms with van der Waals surface area (Å²) in [5, 5.41) is 3.50. The molecule has 0 fully saturated rings. The quantitative estimate of drug-likeness (QED) is 0.861. The van der Waals surface area contributed by atoms with Gasteiger partial charge in [0.25, 0.3) is 0 Å². The minimum absolute atomic E-state index is 0.145. The zero-order valence-electron chi connectivity index (χ0n) is 11.4. The summed E-state index contributed by atoms with van der Waals surface area (Å²) in [5.74, 6) is 0.235. The van der Waals surface area contributed by atoms with Crippen molar-refractivity contribution >= 4 is 11.4 Å². The van der Waals surface area contributed by atoms with Gasteiger partial charge in [0.2, 0.25) is 0 Å². The molecule has 2 nitrogen and oxygen atoms in total. The van der Waals surface area contributed by atoms with Crippen molar-refractivity contribution in [2.45, 2.75) is 45.7 Å². The van der Waals surface area contributed by atoms with E-state index in [0.717, 1.165) is 6.42 Å². The zero-order valence-corrected chi connectivity index (χ0v) is 11.4. The number of nitrogens with one attached hydrogen (secondary N) is 1. The molecule has 1 unspecified atom stereocenters. The molecule has 1 N–H and O–H groups in total. The average molecular weight is 243 g/mol. The topological polar surface area (TPSA) is 29.1 Å². The maximum atomic E-state index is 11.4. The first-order chi connectivity index (χ1) is 8.58. The van der Waals surface area contributed by atoms with Crippen LogP contribution in [0.3, 0.4) is 0 Å². The van der Waals surface area contributed by atoms with E-state index < -0.39 is 0 Å². The Morgan fingerprint density at radius 1 is 1.33 bits per heavy atom. The highest BCUT2D eigenvalue weighted by atomic mass is 16.1. The van der Waals surface area contributed by atoms with E-state index >= 15 is 0 Å². The Bertz CT molecular complexity index is 474. The highest BCUT2D eigenvalue weighted by molar-refractivity contribution is 5.83. The third kappa shape index (κ3) is 2.88. The summed E-state index contributed by atoms with van der Waals surface area (Å²) >= 11 is 0. The maximum Gasteiger partial charge on any atom is 0.131 e. The van der Waals surface area contributed by atoms with Crippen molar-refractivity contribution in [3.05, 3.63) is 41.5 Å². The number of fused-ring (bicyclic) bond motifs is 1. The van der Waals surface area contributed by atoms with Gasteiger partial charge in [0, 0.05) is 18.5 Å². The molecule has 0 saturated carbocycles. The van der Waals surface area contributed by atoms with Crippen LogP contribution in [0.4, 0.5) is 0 Å². The number of carbonyl (C=O) groups is 1. The number of Topliss-reactive ketones (excluding diaryl/α,β-unsaturated/α-hetero) is 1. The van der Waals surface area contributed by atoms with Crippen LogP contribution in [0.2, 0.25) is 0 Å². The van der Waals surface area contributed by atoms with E-state index in [0.29, 0.717) is 12.5 Å². The lowest BCUT2D eigenvalue weighted by Crippen LogP contribution is -2.36. The fourth-order valence-electron chi connectivity index (χ4n) is 2.59. The van der Waals surface area contributed by atoms with Crippen molar-refractivity contribution in [1.82, 2.24) is 5.32 Å². The molecule has 0 spiro atoms. The molecule has 96 valence electrons. The minimum atomic E-state index is 0.145. The van der Waals surface area contributed by atoms with E-state index in [9.17, 15) is 4.79 Å². The molecule has 0 amide bonds. The van der Waals surface area contributed by atoms with Gasteiger partial charge in [0.15, 0.2) is 0 Å². The van der Waals surface area contributed by atoms with E-state index in [1.54, 1.807) is 6.92 Å². The smallest absolute Gasteiger partial charge is 0.131 e. The number of benzene rings is 1. The first kappa shape index (κ1) is 13.0. The first-order valence-electron chi connectivity index (χ1n) is 6.61. The molecular weight excluding hydrogens is 222 g/mol. The summed E-state index contributed by atoms with van der Waals surface area (Å²) in [6, 6.07) is 8.99. The minimum Gasteiger partial charge on any atom is -0.307 e. The van der Waals surface area contributed by atoms with Gasteiger partial charge in [0.05, 0.1) is 0 Å². The Balaban J connectivity index is 2.24. The molecule has 0 heterocycles. The molecule has 2 heteroatoms. The molecule has 0 saturated heterocycles. The van der Waals surface area contributed by atoms with Crippen LogP contribution in [0.15, 0.2) is 30.3 Å². The number of hydrogen-bond acceptors (Lipinski definition) is 2. The molecule has 0 radical (unpaired) electrons. The monoisotopic (exact) mass is 243 g/mol. The number of carbonyl (C=O) groups excluding carboxylic acids is 1. The van der Waals surface area contributed by atoms with Gasteiger partial charge in [-0.25, -0.2) is 0 Å². The Morgan fingerprint density at radius 2 is 2.06 bits per heavy atom. The molecule has 1 aliphatic rings. The van der Waals surface area contributed by atoms with Crippen LogP contribution in [0.1, 0.15) is 38.3 Å². The highest BCUT2D eigenvalue weighted by Crippen LogP contribution is 2.31. The summed E-state index contributed by atoms with van der Waals surface area (Å²) in [4.78, 5) is 11.4. The summed E-state index contributed by atoms with van der Waals surface area (Å²) in [5.41, 5.74) is 3.96. The van der Waals surface area contributed by atoms with E-state index in [2.05, 4.69) is 49.5 Å². The van der Waals surface area contributed by atoms with Crippen LogP contribution >= 0.6 is 0 Å². The van der Waals surface area contributed by atoms with Crippen molar-refractivity contribution in [3.8, 4) is 0 Å². The second kappa shape index (κ2) is 5.49. The summed E-state index contributed by atoms with van der Waals surface area (Å²) < 4.78 is 0. The predicted octanol–water partition coefficient (Wildman–Crippen LogP) is 2.97. The van der Waals surface area contributed by atoms with Gasteiger partial charge in [-0.2, -0.15) is 0 Å². The highest BCUT2D eigenvalue weighted by Gasteiger charge is 2.23. The summed E-state index contributed by atoms with van der Waals surface area (Å²) in [6.07, 6.45) is 3.81. The van der Waals surface area contributed by atoms with Crippen LogP contribution in [-0.2, 0) is 11.2 Å². The molecule has 0 aliphatic heterocycles. The number of ketones is 1. The Morgan fingerprint density at radius 3 is 2.72 bits per heavy atom. The molecule has 1 aromatic rings. The molecule has 2 rings (SSSR count). The SMILES string of the molecule is CC(=O)CC(NC(C)C)C1=CCc2ccccc21. The lowest BCUT2D eigenvalue weighted by atomic mass is 9.95. The van der Waals surface area contributed by atoms with Crippen molar-refractivity contribution in [2.75, 3.05) is 0 Å². The van der Waals surface area contributed by atoms with Crippen LogP contribution < -0.4 is 5.32 Å². The number of allylic oxidation sites excluding steroid dienone is 1. The Labute approximate surface area is 109 Å². The fraction of sp³-hybridized carbons (Fsp3) is 0.438. The normalized spacial score (nSPS) is 15.4. The van der Waals surface area contributed by atoms with Gasteiger partial charge in [-0.15, -0.1) is 0 Å². The van der Waals surface area contributed by atoms with Crippen molar-refractivity contribution in [2.24, 2.45) is 0 Å². The Hall–Kier alpha value is -1.41. The molecule has 0 aromatic heterocycles. The van der Waals surface area contributed by atoms with Gasteiger partial charge >= 0.3 is 0 Å². The molecule has 0 bridgehead atoms. The molecule has 1 atom stereocenters. The first-order valence-corrected chi connectivity index (χ1v) is 6.61. The second-order valence-corrected chi connectivity index (χ2v) is 5.30. The van der Waals surface area contributed by atoms with E-state index in [1.807, 2.05) is 0 Å². The number of hydrogen-bond donors (Lipinski definition) is 1. The van der Waals surface area contributed by atoms with Crippen LogP contribution in [0, 0.1) is 0 Å². The van der Waals surface area contributed by atoms with Gasteiger partial charge < -0.3 is 5.32 Å². The third-order valence-corrected chi connectivity index (χ3v) is 3.27. The lowest BCUT2D eigenvalue weighted by molar-refractivity contribution is -0.117. The van der Waals surface area contributed by atoms with Crippen LogP contribution in [-0.4, -0.2) is 17.9 Å². The van der Waals surface area contributed by atoms with Gasteiger partial charge in [-0.3, -0.25) is 4.79 Å². The summed E-state index contributed by atoms with van der Waals surface area (Å²) in [7, 11) is 0. The van der Waals surface area contributed by atoms with Gasteiger partial charge in [-0.05, 0) is 30.0 Å². The molecule has 1 aromatic carbocycles. The van der Waals surface area contributed by atoms with Crippen molar-refractivity contribution < 1.29 is 4.79 Å². The zero-order chi connectivity index (χ0) is 13.1. The van der Waals surface area contributed by atoms with Gasteiger partial charge in [-0.1, -0.05) is 44.2 Å². The van der Waals surface area contributed by atoms with E-state index in [4.69, 9.17) is 0 Å². The third-order valence-electron chi connectivity index (χ3n) is 3.27. The molecule has 18 heavy (non-hydrogen) atoms. The molecular formula is C16H21NO. The number of rotatable bonds is 5. The van der Waals surface area contributed by atoms with Crippen LogP contribution in [0.5, 0.6) is 0 Å². The van der Waals surface area contributed by atoms with Gasteiger partial charge in [0.1, 0.15) is 5.78 Å².